The van der Waals surface area contributed by atoms with Crippen molar-refractivity contribution in [3.05, 3.63) is 35.8 Å². The highest BCUT2D eigenvalue weighted by molar-refractivity contribution is 5.89. The molecule has 112 valence electrons. The summed E-state index contributed by atoms with van der Waals surface area (Å²) in [4.78, 5) is 18.7. The Morgan fingerprint density at radius 3 is 2.67 bits per heavy atom. The van der Waals surface area contributed by atoms with Gasteiger partial charge in [0.15, 0.2) is 0 Å². The molecule has 5 nitrogen and oxygen atoms in total. The normalized spacial score (nSPS) is 16.8. The van der Waals surface area contributed by atoms with Gasteiger partial charge in [-0.25, -0.2) is 9.78 Å². The lowest BCUT2D eigenvalue weighted by atomic mass is 10.2. The van der Waals surface area contributed by atoms with Crippen LogP contribution in [0.25, 0.3) is 5.65 Å². The van der Waals surface area contributed by atoms with E-state index in [1.807, 2.05) is 16.7 Å². The van der Waals surface area contributed by atoms with Crippen molar-refractivity contribution in [2.75, 3.05) is 20.2 Å². The first-order valence-electron chi connectivity index (χ1n) is 7.54. The fourth-order valence-electron chi connectivity index (χ4n) is 2.88. The van der Waals surface area contributed by atoms with Crippen molar-refractivity contribution >= 4 is 11.6 Å². The first kappa shape index (κ1) is 14.1. The van der Waals surface area contributed by atoms with E-state index >= 15 is 0 Å². The molecule has 21 heavy (non-hydrogen) atoms. The minimum atomic E-state index is -0.320. The third-order valence-corrected chi connectivity index (χ3v) is 4.01. The van der Waals surface area contributed by atoms with Gasteiger partial charge in [0.05, 0.1) is 18.4 Å². The van der Waals surface area contributed by atoms with E-state index in [2.05, 4.69) is 9.88 Å². The quantitative estimate of drug-likeness (QED) is 0.814. The van der Waals surface area contributed by atoms with Crippen molar-refractivity contribution in [2.45, 2.75) is 32.2 Å². The highest BCUT2D eigenvalue weighted by atomic mass is 16.5. The van der Waals surface area contributed by atoms with Crippen LogP contribution in [-0.4, -0.2) is 40.5 Å². The van der Waals surface area contributed by atoms with Crippen molar-refractivity contribution < 1.29 is 9.53 Å². The summed E-state index contributed by atoms with van der Waals surface area (Å²) in [6, 6.07) is 3.61. The number of esters is 1. The summed E-state index contributed by atoms with van der Waals surface area (Å²) in [5.74, 6) is -0.320. The smallest absolute Gasteiger partial charge is 0.339 e. The number of hydrogen-bond donors (Lipinski definition) is 0. The van der Waals surface area contributed by atoms with E-state index in [1.54, 1.807) is 12.3 Å². The molecule has 0 spiro atoms. The van der Waals surface area contributed by atoms with Crippen LogP contribution in [0.15, 0.2) is 24.5 Å². The summed E-state index contributed by atoms with van der Waals surface area (Å²) in [7, 11) is 1.39. The molecule has 1 fully saturated rings. The molecule has 0 N–H and O–H groups in total. The highest BCUT2D eigenvalue weighted by Gasteiger charge is 2.12. The molecule has 3 rings (SSSR count). The molecule has 0 bridgehead atoms. The SMILES string of the molecule is COC(=O)c1ccc2nc(CN3CCCCCC3)cn2c1. The molecule has 0 aliphatic carbocycles. The molecular formula is C16H21N3O2. The Morgan fingerprint density at radius 1 is 1.19 bits per heavy atom. The zero-order valence-electron chi connectivity index (χ0n) is 12.4. The number of carbonyl (C=O) groups is 1. The van der Waals surface area contributed by atoms with E-state index in [4.69, 9.17) is 4.74 Å². The largest absolute Gasteiger partial charge is 0.465 e. The highest BCUT2D eigenvalue weighted by Crippen LogP contribution is 2.14. The molecule has 0 saturated carbocycles. The van der Waals surface area contributed by atoms with Gasteiger partial charge in [-0.3, -0.25) is 4.90 Å². The molecule has 0 radical (unpaired) electrons. The predicted octanol–water partition coefficient (Wildman–Crippen LogP) is 2.50. The Hall–Kier alpha value is -1.88. The number of likely N-dealkylation sites (tertiary alicyclic amines) is 1. The second kappa shape index (κ2) is 6.26. The molecule has 0 aromatic carbocycles. The van der Waals surface area contributed by atoms with Crippen LogP contribution in [0.4, 0.5) is 0 Å². The van der Waals surface area contributed by atoms with Crippen LogP contribution in [0.1, 0.15) is 41.7 Å². The molecule has 0 atom stereocenters. The first-order chi connectivity index (χ1) is 10.3. The second-order valence-corrected chi connectivity index (χ2v) is 5.60. The van der Waals surface area contributed by atoms with E-state index in [-0.39, 0.29) is 5.97 Å². The summed E-state index contributed by atoms with van der Waals surface area (Å²) < 4.78 is 6.65. The van der Waals surface area contributed by atoms with E-state index in [9.17, 15) is 4.79 Å². The van der Waals surface area contributed by atoms with Crippen molar-refractivity contribution in [3.63, 3.8) is 0 Å². The van der Waals surface area contributed by atoms with Crippen molar-refractivity contribution in [2.24, 2.45) is 0 Å². The van der Waals surface area contributed by atoms with Crippen molar-refractivity contribution in [1.82, 2.24) is 14.3 Å². The molecule has 1 aliphatic rings. The Balaban J connectivity index is 1.78. The van der Waals surface area contributed by atoms with Gasteiger partial charge in [-0.1, -0.05) is 12.8 Å². The number of ether oxygens (including phenoxy) is 1. The topological polar surface area (TPSA) is 46.8 Å². The summed E-state index contributed by atoms with van der Waals surface area (Å²) in [6.07, 6.45) is 9.01. The summed E-state index contributed by atoms with van der Waals surface area (Å²) >= 11 is 0. The second-order valence-electron chi connectivity index (χ2n) is 5.60. The van der Waals surface area contributed by atoms with Gasteiger partial charge in [0.1, 0.15) is 5.65 Å². The molecule has 2 aromatic rings. The van der Waals surface area contributed by atoms with Crippen LogP contribution in [0.3, 0.4) is 0 Å². The first-order valence-corrected chi connectivity index (χ1v) is 7.54. The summed E-state index contributed by atoms with van der Waals surface area (Å²) in [6.45, 7) is 3.19. The van der Waals surface area contributed by atoms with Gasteiger partial charge in [0, 0.05) is 18.9 Å². The van der Waals surface area contributed by atoms with E-state index in [1.165, 1.54) is 32.8 Å². The third-order valence-electron chi connectivity index (χ3n) is 4.01. The number of methoxy groups -OCH3 is 1. The molecule has 0 unspecified atom stereocenters. The van der Waals surface area contributed by atoms with Crippen LogP contribution >= 0.6 is 0 Å². The van der Waals surface area contributed by atoms with Gasteiger partial charge in [-0.15, -0.1) is 0 Å². The predicted molar refractivity (Wildman–Crippen MR) is 80.3 cm³/mol. The van der Waals surface area contributed by atoms with Crippen LogP contribution < -0.4 is 0 Å². The Labute approximate surface area is 124 Å². The number of pyridine rings is 1. The monoisotopic (exact) mass is 287 g/mol. The molecular weight excluding hydrogens is 266 g/mol. The lowest BCUT2D eigenvalue weighted by molar-refractivity contribution is 0.0600. The molecule has 2 aromatic heterocycles. The number of imidazole rings is 1. The van der Waals surface area contributed by atoms with Gasteiger partial charge < -0.3 is 9.14 Å². The number of rotatable bonds is 3. The van der Waals surface area contributed by atoms with E-state index in [0.29, 0.717) is 5.56 Å². The Morgan fingerprint density at radius 2 is 1.95 bits per heavy atom. The number of nitrogens with zero attached hydrogens (tertiary/aromatic N) is 3. The van der Waals surface area contributed by atoms with Gasteiger partial charge >= 0.3 is 5.97 Å². The number of hydrogen-bond acceptors (Lipinski definition) is 4. The van der Waals surface area contributed by atoms with Crippen molar-refractivity contribution in [1.29, 1.82) is 0 Å². The molecule has 1 saturated heterocycles. The van der Waals surface area contributed by atoms with Crippen molar-refractivity contribution in [3.8, 4) is 0 Å². The Kier molecular flexibility index (Phi) is 4.20. The van der Waals surface area contributed by atoms with Crippen LogP contribution in [0.2, 0.25) is 0 Å². The zero-order chi connectivity index (χ0) is 14.7. The lowest BCUT2D eigenvalue weighted by Crippen LogP contribution is -2.24. The van der Waals surface area contributed by atoms with E-state index < -0.39 is 0 Å². The fraction of sp³-hybridized carbons (Fsp3) is 0.500. The maximum Gasteiger partial charge on any atom is 0.339 e. The maximum absolute atomic E-state index is 11.6. The average molecular weight is 287 g/mol. The number of fused-ring (bicyclic) bond motifs is 1. The molecule has 1 aliphatic heterocycles. The van der Waals surface area contributed by atoms with Crippen LogP contribution in [0, 0.1) is 0 Å². The van der Waals surface area contributed by atoms with Gasteiger partial charge in [-0.05, 0) is 38.1 Å². The van der Waals surface area contributed by atoms with Gasteiger partial charge in [0.25, 0.3) is 0 Å². The molecule has 5 heteroatoms. The fourth-order valence-corrected chi connectivity index (χ4v) is 2.88. The maximum atomic E-state index is 11.6. The minimum Gasteiger partial charge on any atom is -0.465 e. The van der Waals surface area contributed by atoms with E-state index in [0.717, 1.165) is 31.0 Å². The molecule has 0 amide bonds. The van der Waals surface area contributed by atoms with Gasteiger partial charge in [-0.2, -0.15) is 0 Å². The standard InChI is InChI=1S/C16H21N3O2/c1-21-16(20)13-6-7-15-17-14(12-19(15)10-13)11-18-8-4-2-3-5-9-18/h6-7,10,12H,2-5,8-9,11H2,1H3. The lowest BCUT2D eigenvalue weighted by Gasteiger charge is -2.17. The molecule has 3 heterocycles. The summed E-state index contributed by atoms with van der Waals surface area (Å²) in [5, 5.41) is 0. The zero-order valence-corrected chi connectivity index (χ0v) is 12.4. The third kappa shape index (κ3) is 3.24. The van der Waals surface area contributed by atoms with Gasteiger partial charge in [0.2, 0.25) is 0 Å². The average Bonchev–Trinajstić information content (AvgIpc) is 2.72. The van der Waals surface area contributed by atoms with Crippen LogP contribution in [-0.2, 0) is 11.3 Å². The summed E-state index contributed by atoms with van der Waals surface area (Å²) in [5.41, 5.74) is 2.47. The number of carbonyl (C=O) groups excluding carboxylic acids is 1. The number of aromatic nitrogens is 2. The minimum absolute atomic E-state index is 0.320. The Bertz CT molecular complexity index is 627. The van der Waals surface area contributed by atoms with Crippen LogP contribution in [0.5, 0.6) is 0 Å².